The highest BCUT2D eigenvalue weighted by atomic mass is 16.6. The van der Waals surface area contributed by atoms with Gasteiger partial charge < -0.3 is 10.2 Å². The van der Waals surface area contributed by atoms with Crippen molar-refractivity contribution in [2.45, 2.75) is 34.1 Å². The molecule has 1 N–H and O–H groups in total. The van der Waals surface area contributed by atoms with Crippen LogP contribution in [-0.4, -0.2) is 25.9 Å². The fraction of sp³-hybridized carbons (Fsp3) is 0.727. The Labute approximate surface area is 87.9 Å². The number of nitrogens with zero attached hydrogens (tertiary/aromatic N) is 1. The molecule has 0 aliphatic heterocycles. The minimum Gasteiger partial charge on any atom is -0.395 e. The number of hydrogen-bond donors (Lipinski definition) is 1. The zero-order valence-electron chi connectivity index (χ0n) is 9.98. The quantitative estimate of drug-likeness (QED) is 0.317. The van der Waals surface area contributed by atoms with Gasteiger partial charge in [0.05, 0.1) is 0 Å². The molecule has 0 bridgehead atoms. The molecule has 0 aliphatic rings. The third kappa shape index (κ3) is 13.6. The van der Waals surface area contributed by atoms with E-state index < -0.39 is 0 Å². The Morgan fingerprint density at radius 3 is 2.57 bits per heavy atom. The third-order valence-electron chi connectivity index (χ3n) is 1.17. The van der Waals surface area contributed by atoms with E-state index >= 15 is 0 Å². The molecule has 0 spiro atoms. The first-order valence-electron chi connectivity index (χ1n) is 5.05. The van der Waals surface area contributed by atoms with Crippen LogP contribution in [0.25, 0.3) is 0 Å². The van der Waals surface area contributed by atoms with E-state index in [9.17, 15) is 0 Å². The van der Waals surface area contributed by atoms with Crippen LogP contribution in [0.3, 0.4) is 0 Å². The second kappa shape index (κ2) is 14.5. The van der Waals surface area contributed by atoms with E-state index in [1.54, 1.807) is 6.92 Å². The molecule has 0 saturated carbocycles. The molecule has 0 fully saturated rings. The van der Waals surface area contributed by atoms with Crippen molar-refractivity contribution in [3.63, 3.8) is 0 Å². The van der Waals surface area contributed by atoms with E-state index in [4.69, 9.17) is 4.84 Å². The summed E-state index contributed by atoms with van der Waals surface area (Å²) in [6.45, 7) is 9.20. The van der Waals surface area contributed by atoms with Crippen molar-refractivity contribution in [3.8, 4) is 11.8 Å². The number of nitrogens with one attached hydrogen (secondary N) is 1. The summed E-state index contributed by atoms with van der Waals surface area (Å²) < 4.78 is 0. The van der Waals surface area contributed by atoms with Crippen LogP contribution in [0.2, 0.25) is 0 Å². The minimum absolute atomic E-state index is 0.642. The first kappa shape index (κ1) is 15.5. The van der Waals surface area contributed by atoms with Crippen LogP contribution in [-0.2, 0) is 4.84 Å². The van der Waals surface area contributed by atoms with Crippen molar-refractivity contribution >= 4 is 5.71 Å². The van der Waals surface area contributed by atoms with Gasteiger partial charge in [-0.3, -0.25) is 0 Å². The van der Waals surface area contributed by atoms with Gasteiger partial charge in [0.2, 0.25) is 0 Å². The van der Waals surface area contributed by atoms with Crippen molar-refractivity contribution in [1.29, 1.82) is 0 Å². The minimum atomic E-state index is 0.642. The monoisotopic (exact) mass is 198 g/mol. The highest BCUT2D eigenvalue weighted by Gasteiger charge is 1.85. The fourth-order valence-electron chi connectivity index (χ4n) is 0.660. The van der Waals surface area contributed by atoms with Gasteiger partial charge in [0.15, 0.2) is 0 Å². The molecule has 0 aromatic carbocycles. The summed E-state index contributed by atoms with van der Waals surface area (Å²) in [6, 6.07) is 0. The van der Waals surface area contributed by atoms with E-state index in [1.807, 2.05) is 27.8 Å². The normalized spacial score (nSPS) is 9.36. The zero-order valence-corrected chi connectivity index (χ0v) is 9.98. The molecule has 0 aromatic rings. The maximum Gasteiger partial charge on any atom is 0.126 e. The predicted octanol–water partition coefficient (Wildman–Crippen LogP) is 2.04. The Hall–Kier alpha value is -1.01. The average Bonchev–Trinajstić information content (AvgIpc) is 2.21. The highest BCUT2D eigenvalue weighted by molar-refractivity contribution is 5.97. The van der Waals surface area contributed by atoms with Crippen LogP contribution in [0.5, 0.6) is 0 Å². The smallest absolute Gasteiger partial charge is 0.126 e. The van der Waals surface area contributed by atoms with E-state index in [-0.39, 0.29) is 0 Å². The van der Waals surface area contributed by atoms with Gasteiger partial charge in [-0.05, 0) is 39.8 Å². The molecule has 14 heavy (non-hydrogen) atoms. The summed E-state index contributed by atoms with van der Waals surface area (Å²) in [5, 5.41) is 6.83. The molecule has 0 aromatic heterocycles. The van der Waals surface area contributed by atoms with Gasteiger partial charge in [0.25, 0.3) is 0 Å². The lowest BCUT2D eigenvalue weighted by atomic mass is 10.4. The largest absolute Gasteiger partial charge is 0.395 e. The van der Waals surface area contributed by atoms with Crippen LogP contribution in [0.15, 0.2) is 5.16 Å². The van der Waals surface area contributed by atoms with Gasteiger partial charge >= 0.3 is 0 Å². The molecule has 0 aliphatic carbocycles. The molecule has 0 saturated heterocycles. The molecule has 0 heterocycles. The van der Waals surface area contributed by atoms with E-state index in [0.29, 0.717) is 6.61 Å². The number of oxime groups is 1. The van der Waals surface area contributed by atoms with Gasteiger partial charge in [-0.25, -0.2) is 0 Å². The molecular weight excluding hydrogens is 176 g/mol. The lowest BCUT2D eigenvalue weighted by Crippen LogP contribution is -2.09. The van der Waals surface area contributed by atoms with Crippen LogP contribution in [0.1, 0.15) is 34.1 Å². The van der Waals surface area contributed by atoms with Gasteiger partial charge in [0.1, 0.15) is 12.3 Å². The molecule has 0 rings (SSSR count). The zero-order chi connectivity index (χ0) is 11.2. The average molecular weight is 198 g/mol. The van der Waals surface area contributed by atoms with Gasteiger partial charge in [-0.2, -0.15) is 0 Å². The maximum atomic E-state index is 5.00. The summed E-state index contributed by atoms with van der Waals surface area (Å²) in [7, 11) is 1.91. The number of rotatable bonds is 5. The Balaban J connectivity index is 0. The SMILES string of the molecule is CC.CC#C/C(C)=N\OCCCNC. The van der Waals surface area contributed by atoms with Crippen molar-refractivity contribution in [2.75, 3.05) is 20.2 Å². The Kier molecular flexibility index (Phi) is 16.0. The second-order valence-corrected chi connectivity index (χ2v) is 2.34. The Morgan fingerprint density at radius 2 is 2.07 bits per heavy atom. The van der Waals surface area contributed by atoms with Crippen molar-refractivity contribution in [2.24, 2.45) is 5.16 Å². The van der Waals surface area contributed by atoms with Gasteiger partial charge in [0, 0.05) is 0 Å². The molecular formula is C11H22N2O. The molecule has 3 nitrogen and oxygen atoms in total. The number of hydrogen-bond acceptors (Lipinski definition) is 3. The molecule has 82 valence electrons. The van der Waals surface area contributed by atoms with Gasteiger partial charge in [-0.1, -0.05) is 24.9 Å². The maximum absolute atomic E-state index is 5.00. The summed E-state index contributed by atoms with van der Waals surface area (Å²) >= 11 is 0. The van der Waals surface area contributed by atoms with Crippen molar-refractivity contribution in [3.05, 3.63) is 0 Å². The third-order valence-corrected chi connectivity index (χ3v) is 1.17. The van der Waals surface area contributed by atoms with E-state index in [1.165, 1.54) is 0 Å². The second-order valence-electron chi connectivity index (χ2n) is 2.34. The first-order chi connectivity index (χ1) is 6.81. The summed E-state index contributed by atoms with van der Waals surface area (Å²) in [6.07, 6.45) is 0.965. The van der Waals surface area contributed by atoms with Crippen molar-refractivity contribution in [1.82, 2.24) is 5.32 Å². The standard InChI is InChI=1S/C9H16N2O.C2H6/c1-4-6-9(2)11-12-8-5-7-10-3;1-2/h10H,5,7-8H2,1-3H3;1-2H3/b11-9-;. The molecule has 0 atom stereocenters. The Morgan fingerprint density at radius 1 is 1.43 bits per heavy atom. The van der Waals surface area contributed by atoms with E-state index in [2.05, 4.69) is 22.3 Å². The van der Waals surface area contributed by atoms with Crippen LogP contribution in [0.4, 0.5) is 0 Å². The predicted molar refractivity (Wildman–Crippen MR) is 62.4 cm³/mol. The summed E-state index contributed by atoms with van der Waals surface area (Å²) in [5.74, 6) is 5.54. The van der Waals surface area contributed by atoms with E-state index in [0.717, 1.165) is 18.7 Å². The van der Waals surface area contributed by atoms with Crippen LogP contribution < -0.4 is 5.32 Å². The van der Waals surface area contributed by atoms with Crippen LogP contribution in [0, 0.1) is 11.8 Å². The van der Waals surface area contributed by atoms with Gasteiger partial charge in [-0.15, -0.1) is 0 Å². The first-order valence-corrected chi connectivity index (χ1v) is 5.05. The molecule has 0 unspecified atom stereocenters. The lowest BCUT2D eigenvalue weighted by molar-refractivity contribution is 0.142. The fourth-order valence-corrected chi connectivity index (χ4v) is 0.660. The highest BCUT2D eigenvalue weighted by Crippen LogP contribution is 1.83. The summed E-state index contributed by atoms with van der Waals surface area (Å²) in [5.41, 5.74) is 0.724. The molecule has 0 amide bonds. The van der Waals surface area contributed by atoms with Crippen LogP contribution >= 0.6 is 0 Å². The topological polar surface area (TPSA) is 33.6 Å². The van der Waals surface area contributed by atoms with Crippen molar-refractivity contribution < 1.29 is 4.84 Å². The Bertz CT molecular complexity index is 189. The molecule has 3 heteroatoms. The molecule has 0 radical (unpaired) electrons. The lowest BCUT2D eigenvalue weighted by Gasteiger charge is -1.98. The summed E-state index contributed by atoms with van der Waals surface area (Å²) in [4.78, 5) is 5.00.